The number of methoxy groups -OCH3 is 2. The molecule has 2 aromatic rings. The van der Waals surface area contributed by atoms with Gasteiger partial charge in [0.05, 0.1) is 30.0 Å². The van der Waals surface area contributed by atoms with E-state index in [1.165, 1.54) is 0 Å². The third-order valence-electron chi connectivity index (χ3n) is 5.66. The summed E-state index contributed by atoms with van der Waals surface area (Å²) in [6.45, 7) is 0. The second-order valence-corrected chi connectivity index (χ2v) is 8.09. The largest absolute Gasteiger partial charge is 0.497 e. The average Bonchev–Trinajstić information content (AvgIpc) is 2.75. The highest BCUT2D eigenvalue weighted by atomic mass is 35.5. The molecule has 1 unspecified atom stereocenters. The molecule has 1 aliphatic heterocycles. The number of amides is 1. The molecular weight excluding hydrogens is 425 g/mol. The molecule has 156 valence electrons. The molecule has 7 heteroatoms. The van der Waals surface area contributed by atoms with Crippen molar-refractivity contribution in [1.29, 1.82) is 0 Å². The van der Waals surface area contributed by atoms with E-state index in [-0.39, 0.29) is 18.1 Å². The van der Waals surface area contributed by atoms with Crippen molar-refractivity contribution in [3.05, 3.63) is 63.3 Å². The molecule has 0 N–H and O–H groups in total. The molecule has 2 aliphatic rings. The number of halogens is 2. The molecule has 2 aromatic carbocycles. The number of ketones is 1. The molecule has 0 aromatic heterocycles. The Labute approximate surface area is 185 Å². The van der Waals surface area contributed by atoms with Gasteiger partial charge in [0.25, 0.3) is 0 Å². The summed E-state index contributed by atoms with van der Waals surface area (Å²) in [4.78, 5) is 28.0. The number of carbonyl (C=O) groups excluding carboxylic acids is 2. The zero-order valence-electron chi connectivity index (χ0n) is 16.7. The SMILES string of the molecule is COc1ccc(N2C(=O)CC(c3cccc(Cl)c3Cl)C3=C2CCCC3=O)c(OC)c1. The monoisotopic (exact) mass is 445 g/mol. The average molecular weight is 446 g/mol. The number of ether oxygens (including phenoxy) is 2. The van der Waals surface area contributed by atoms with Crippen LogP contribution in [0, 0.1) is 0 Å². The maximum atomic E-state index is 13.4. The van der Waals surface area contributed by atoms with Gasteiger partial charge in [-0.25, -0.2) is 0 Å². The van der Waals surface area contributed by atoms with Gasteiger partial charge in [-0.1, -0.05) is 35.3 Å². The van der Waals surface area contributed by atoms with Crippen LogP contribution in [0.25, 0.3) is 0 Å². The Balaban J connectivity index is 1.90. The van der Waals surface area contributed by atoms with Crippen molar-refractivity contribution >= 4 is 40.6 Å². The van der Waals surface area contributed by atoms with E-state index in [2.05, 4.69) is 0 Å². The Morgan fingerprint density at radius 2 is 1.83 bits per heavy atom. The summed E-state index contributed by atoms with van der Waals surface area (Å²) in [5, 5.41) is 0.795. The first-order valence-electron chi connectivity index (χ1n) is 9.71. The molecule has 5 nitrogen and oxygen atoms in total. The van der Waals surface area contributed by atoms with E-state index in [1.54, 1.807) is 49.5 Å². The zero-order valence-corrected chi connectivity index (χ0v) is 18.2. The summed E-state index contributed by atoms with van der Waals surface area (Å²) in [5.74, 6) is 0.645. The Morgan fingerprint density at radius 3 is 2.57 bits per heavy atom. The van der Waals surface area contributed by atoms with Crippen LogP contribution >= 0.6 is 23.2 Å². The van der Waals surface area contributed by atoms with Gasteiger partial charge in [-0.15, -0.1) is 0 Å². The van der Waals surface area contributed by atoms with E-state index in [0.717, 1.165) is 0 Å². The first-order chi connectivity index (χ1) is 14.5. The minimum Gasteiger partial charge on any atom is -0.497 e. The van der Waals surface area contributed by atoms with Crippen LogP contribution in [0.2, 0.25) is 10.0 Å². The van der Waals surface area contributed by atoms with Crippen molar-refractivity contribution in [3.8, 4) is 11.5 Å². The second kappa shape index (κ2) is 8.32. The van der Waals surface area contributed by atoms with E-state index in [9.17, 15) is 9.59 Å². The molecule has 1 atom stereocenters. The van der Waals surface area contributed by atoms with Crippen LogP contribution in [0.1, 0.15) is 37.2 Å². The molecule has 1 heterocycles. The van der Waals surface area contributed by atoms with Crippen molar-refractivity contribution < 1.29 is 19.1 Å². The lowest BCUT2D eigenvalue weighted by Crippen LogP contribution is -2.40. The number of benzene rings is 2. The van der Waals surface area contributed by atoms with Gasteiger partial charge in [0, 0.05) is 36.1 Å². The lowest BCUT2D eigenvalue weighted by Gasteiger charge is -2.39. The van der Waals surface area contributed by atoms with Crippen LogP contribution in [0.5, 0.6) is 11.5 Å². The fraction of sp³-hybridized carbons (Fsp3) is 0.304. The second-order valence-electron chi connectivity index (χ2n) is 7.30. The first-order valence-corrected chi connectivity index (χ1v) is 10.5. The summed E-state index contributed by atoms with van der Waals surface area (Å²) in [6.07, 6.45) is 1.89. The molecule has 0 saturated heterocycles. The summed E-state index contributed by atoms with van der Waals surface area (Å²) < 4.78 is 10.8. The number of hydrogen-bond donors (Lipinski definition) is 0. The molecule has 0 fully saturated rings. The van der Waals surface area contributed by atoms with Crippen molar-refractivity contribution in [2.24, 2.45) is 0 Å². The third kappa shape index (κ3) is 3.46. The Morgan fingerprint density at radius 1 is 1.03 bits per heavy atom. The quantitative estimate of drug-likeness (QED) is 0.619. The van der Waals surface area contributed by atoms with E-state index >= 15 is 0 Å². The lowest BCUT2D eigenvalue weighted by molar-refractivity contribution is -0.119. The van der Waals surface area contributed by atoms with Gasteiger partial charge in [-0.3, -0.25) is 14.5 Å². The molecule has 0 saturated carbocycles. The fourth-order valence-electron chi connectivity index (χ4n) is 4.30. The summed E-state index contributed by atoms with van der Waals surface area (Å²) >= 11 is 12.7. The van der Waals surface area contributed by atoms with E-state index in [0.29, 0.717) is 63.3 Å². The van der Waals surface area contributed by atoms with E-state index in [1.807, 2.05) is 6.07 Å². The molecule has 0 spiro atoms. The van der Waals surface area contributed by atoms with Gasteiger partial charge < -0.3 is 9.47 Å². The zero-order chi connectivity index (χ0) is 21.4. The van der Waals surface area contributed by atoms with Crippen LogP contribution in [0.4, 0.5) is 5.69 Å². The van der Waals surface area contributed by atoms with E-state index in [4.69, 9.17) is 32.7 Å². The van der Waals surface area contributed by atoms with E-state index < -0.39 is 5.92 Å². The van der Waals surface area contributed by atoms with Gasteiger partial charge >= 0.3 is 0 Å². The molecule has 4 rings (SSSR count). The standard InChI is InChI=1S/C23H21Cl2NO4/c1-29-13-9-10-17(20(11-13)30-2)26-18-7-4-8-19(27)22(18)15(12-21(26)28)14-5-3-6-16(24)23(14)25/h3,5-6,9-11,15H,4,7-8,12H2,1-2H3. The van der Waals surface area contributed by atoms with Crippen LogP contribution < -0.4 is 14.4 Å². The fourth-order valence-corrected chi connectivity index (χ4v) is 4.74. The maximum Gasteiger partial charge on any atom is 0.232 e. The molecular formula is C23H21Cl2NO4. The highest BCUT2D eigenvalue weighted by molar-refractivity contribution is 6.42. The summed E-state index contributed by atoms with van der Waals surface area (Å²) in [5.41, 5.74) is 2.66. The summed E-state index contributed by atoms with van der Waals surface area (Å²) in [6, 6.07) is 10.6. The number of Topliss-reactive ketones (excluding diaryl/α,β-unsaturated/α-hetero) is 1. The first kappa shape index (κ1) is 20.8. The van der Waals surface area contributed by atoms with Gasteiger partial charge in [0.2, 0.25) is 5.91 Å². The highest BCUT2D eigenvalue weighted by Gasteiger charge is 2.41. The van der Waals surface area contributed by atoms with Crippen molar-refractivity contribution in [3.63, 3.8) is 0 Å². The van der Waals surface area contributed by atoms with Crippen molar-refractivity contribution in [2.45, 2.75) is 31.6 Å². The van der Waals surface area contributed by atoms with Crippen LogP contribution in [-0.2, 0) is 9.59 Å². The lowest BCUT2D eigenvalue weighted by atomic mass is 9.77. The van der Waals surface area contributed by atoms with Crippen LogP contribution in [0.3, 0.4) is 0 Å². The molecule has 1 amide bonds. The summed E-state index contributed by atoms with van der Waals surface area (Å²) in [7, 11) is 3.11. The van der Waals surface area contributed by atoms with Gasteiger partial charge in [-0.2, -0.15) is 0 Å². The maximum absolute atomic E-state index is 13.4. The molecule has 0 bridgehead atoms. The normalized spacial score (nSPS) is 19.1. The minimum absolute atomic E-state index is 0.0438. The Kier molecular flexibility index (Phi) is 5.76. The van der Waals surface area contributed by atoms with Crippen LogP contribution in [-0.4, -0.2) is 25.9 Å². The predicted molar refractivity (Wildman–Crippen MR) is 117 cm³/mol. The number of allylic oxidation sites excluding steroid dienone is 2. The topological polar surface area (TPSA) is 55.8 Å². The van der Waals surface area contributed by atoms with Gasteiger partial charge in [0.15, 0.2) is 5.78 Å². The van der Waals surface area contributed by atoms with Crippen molar-refractivity contribution in [2.75, 3.05) is 19.1 Å². The van der Waals surface area contributed by atoms with Gasteiger partial charge in [0.1, 0.15) is 11.5 Å². The van der Waals surface area contributed by atoms with Gasteiger partial charge in [-0.05, 0) is 36.6 Å². The third-order valence-corrected chi connectivity index (χ3v) is 6.49. The van der Waals surface area contributed by atoms with Crippen LogP contribution in [0.15, 0.2) is 47.7 Å². The molecule has 1 aliphatic carbocycles. The number of anilines is 1. The van der Waals surface area contributed by atoms with Crippen molar-refractivity contribution in [1.82, 2.24) is 0 Å². The Hall–Kier alpha value is -2.50. The number of rotatable bonds is 4. The Bertz CT molecular complexity index is 1060. The smallest absolute Gasteiger partial charge is 0.232 e. The number of nitrogens with zero attached hydrogens (tertiary/aromatic N) is 1. The predicted octanol–water partition coefficient (Wildman–Crippen LogP) is 5.54. The molecule has 30 heavy (non-hydrogen) atoms. The number of hydrogen-bond acceptors (Lipinski definition) is 4. The number of carbonyl (C=O) groups is 2. The highest BCUT2D eigenvalue weighted by Crippen LogP contribution is 2.47. The molecule has 0 radical (unpaired) electrons. The minimum atomic E-state index is -0.410.